The SMILES string of the molecule is O=[N+]([O-])c1cc([N+](=O)[O-])c2ccsc2c1. The highest BCUT2D eigenvalue weighted by molar-refractivity contribution is 7.17. The van der Waals surface area contributed by atoms with Crippen molar-refractivity contribution >= 4 is 32.8 Å². The Labute approximate surface area is 87.1 Å². The van der Waals surface area contributed by atoms with Crippen molar-refractivity contribution in [2.75, 3.05) is 0 Å². The Bertz CT molecular complexity index is 563. The highest BCUT2D eigenvalue weighted by atomic mass is 32.1. The molecule has 0 radical (unpaired) electrons. The summed E-state index contributed by atoms with van der Waals surface area (Å²) in [5, 5.41) is 23.3. The summed E-state index contributed by atoms with van der Waals surface area (Å²) < 4.78 is 0.552. The molecule has 2 aromatic rings. The Morgan fingerprint density at radius 2 is 1.87 bits per heavy atom. The molecule has 0 aliphatic carbocycles. The van der Waals surface area contributed by atoms with Crippen LogP contribution >= 0.6 is 11.3 Å². The summed E-state index contributed by atoms with van der Waals surface area (Å²) in [4.78, 5) is 20.0. The zero-order valence-corrected chi connectivity index (χ0v) is 8.06. The molecule has 0 saturated carbocycles. The molecule has 15 heavy (non-hydrogen) atoms. The van der Waals surface area contributed by atoms with E-state index >= 15 is 0 Å². The van der Waals surface area contributed by atoms with Gasteiger partial charge in [-0.25, -0.2) is 0 Å². The second-order valence-corrected chi connectivity index (χ2v) is 3.76. The zero-order chi connectivity index (χ0) is 11.0. The third kappa shape index (κ3) is 1.52. The van der Waals surface area contributed by atoms with Crippen LogP contribution < -0.4 is 0 Å². The minimum atomic E-state index is -0.633. The van der Waals surface area contributed by atoms with Crippen molar-refractivity contribution in [3.63, 3.8) is 0 Å². The fourth-order valence-electron chi connectivity index (χ4n) is 1.29. The highest BCUT2D eigenvalue weighted by Gasteiger charge is 2.19. The van der Waals surface area contributed by atoms with Crippen LogP contribution in [-0.4, -0.2) is 9.85 Å². The van der Waals surface area contributed by atoms with Gasteiger partial charge in [-0.2, -0.15) is 0 Å². The maximum Gasteiger partial charge on any atom is 0.284 e. The summed E-state index contributed by atoms with van der Waals surface area (Å²) in [6.45, 7) is 0. The lowest BCUT2D eigenvalue weighted by Crippen LogP contribution is -1.92. The lowest BCUT2D eigenvalue weighted by Gasteiger charge is -1.94. The largest absolute Gasteiger partial charge is 0.284 e. The molecular formula is C8H4N2O4S. The van der Waals surface area contributed by atoms with Gasteiger partial charge in [0.1, 0.15) is 0 Å². The quantitative estimate of drug-likeness (QED) is 0.579. The van der Waals surface area contributed by atoms with E-state index in [0.717, 1.165) is 6.07 Å². The first-order chi connectivity index (χ1) is 7.09. The number of hydrogen-bond donors (Lipinski definition) is 0. The van der Waals surface area contributed by atoms with Gasteiger partial charge in [0, 0.05) is 10.8 Å². The molecule has 2 rings (SSSR count). The topological polar surface area (TPSA) is 86.3 Å². The van der Waals surface area contributed by atoms with E-state index in [1.807, 2.05) is 0 Å². The van der Waals surface area contributed by atoms with Gasteiger partial charge in [-0.3, -0.25) is 20.2 Å². The Morgan fingerprint density at radius 1 is 1.13 bits per heavy atom. The third-order valence-electron chi connectivity index (χ3n) is 1.94. The second kappa shape index (κ2) is 3.28. The van der Waals surface area contributed by atoms with Crippen LogP contribution in [-0.2, 0) is 0 Å². The summed E-state index contributed by atoms with van der Waals surface area (Å²) in [6, 6.07) is 3.91. The molecule has 1 aromatic carbocycles. The molecule has 6 nitrogen and oxygen atoms in total. The number of nitro benzene ring substituents is 2. The minimum Gasteiger partial charge on any atom is -0.258 e. The number of rotatable bonds is 2. The van der Waals surface area contributed by atoms with Crippen molar-refractivity contribution in [1.82, 2.24) is 0 Å². The summed E-state index contributed by atoms with van der Waals surface area (Å²) in [5.41, 5.74) is -0.475. The van der Waals surface area contributed by atoms with Crippen molar-refractivity contribution in [3.8, 4) is 0 Å². The smallest absolute Gasteiger partial charge is 0.258 e. The van der Waals surface area contributed by atoms with Crippen LogP contribution in [0.15, 0.2) is 23.6 Å². The summed E-state index contributed by atoms with van der Waals surface area (Å²) in [6.07, 6.45) is 0. The number of non-ortho nitro benzene ring substituents is 2. The number of nitro groups is 2. The Morgan fingerprint density at radius 3 is 2.47 bits per heavy atom. The average Bonchev–Trinajstić information content (AvgIpc) is 2.62. The van der Waals surface area contributed by atoms with Gasteiger partial charge in [0.15, 0.2) is 0 Å². The standard InChI is InChI=1S/C8H4N2O4S/c11-9(12)5-3-7(10(13)14)6-1-2-15-8(6)4-5/h1-4H. The Balaban J connectivity index is 2.80. The van der Waals surface area contributed by atoms with Crippen molar-refractivity contribution in [2.45, 2.75) is 0 Å². The van der Waals surface area contributed by atoms with Gasteiger partial charge in [-0.1, -0.05) is 0 Å². The molecule has 0 amide bonds. The molecule has 0 spiro atoms. The Hall–Kier alpha value is -2.02. The average molecular weight is 224 g/mol. The number of hydrogen-bond acceptors (Lipinski definition) is 5. The summed E-state index contributed by atoms with van der Waals surface area (Å²) >= 11 is 1.24. The van der Waals surface area contributed by atoms with Crippen LogP contribution in [0.25, 0.3) is 10.1 Å². The maximum absolute atomic E-state index is 10.7. The van der Waals surface area contributed by atoms with Crippen LogP contribution in [0.5, 0.6) is 0 Å². The predicted octanol–water partition coefficient (Wildman–Crippen LogP) is 2.72. The zero-order valence-electron chi connectivity index (χ0n) is 7.25. The molecule has 0 fully saturated rings. The normalized spacial score (nSPS) is 10.4. The molecule has 76 valence electrons. The first-order valence-corrected chi connectivity index (χ1v) is 4.77. The second-order valence-electron chi connectivity index (χ2n) is 2.81. The number of benzene rings is 1. The minimum absolute atomic E-state index is 0.222. The highest BCUT2D eigenvalue weighted by Crippen LogP contribution is 2.33. The lowest BCUT2D eigenvalue weighted by molar-refractivity contribution is -0.393. The van der Waals surface area contributed by atoms with Gasteiger partial charge >= 0.3 is 0 Å². The monoisotopic (exact) mass is 224 g/mol. The van der Waals surface area contributed by atoms with E-state index in [2.05, 4.69) is 0 Å². The Kier molecular flexibility index (Phi) is 2.09. The first-order valence-electron chi connectivity index (χ1n) is 3.89. The number of fused-ring (bicyclic) bond motifs is 1. The molecule has 0 bridgehead atoms. The van der Waals surface area contributed by atoms with Crippen LogP contribution in [0.1, 0.15) is 0 Å². The fraction of sp³-hybridized carbons (Fsp3) is 0. The summed E-state index contributed by atoms with van der Waals surface area (Å²) in [7, 11) is 0. The fourth-order valence-corrected chi connectivity index (χ4v) is 2.13. The van der Waals surface area contributed by atoms with Crippen LogP contribution in [0, 0.1) is 20.2 Å². The van der Waals surface area contributed by atoms with Crippen molar-refractivity contribution in [3.05, 3.63) is 43.8 Å². The van der Waals surface area contributed by atoms with Gasteiger partial charge < -0.3 is 0 Å². The summed E-state index contributed by atoms with van der Waals surface area (Å²) in [5.74, 6) is 0. The molecule has 0 aliphatic rings. The van der Waals surface area contributed by atoms with E-state index in [-0.39, 0.29) is 11.4 Å². The van der Waals surface area contributed by atoms with Gasteiger partial charge in [0.25, 0.3) is 11.4 Å². The van der Waals surface area contributed by atoms with Crippen molar-refractivity contribution < 1.29 is 9.85 Å². The first kappa shape index (κ1) is 9.53. The molecule has 0 aliphatic heterocycles. The van der Waals surface area contributed by atoms with Gasteiger partial charge in [0.2, 0.25) is 0 Å². The number of nitrogens with zero attached hydrogens (tertiary/aromatic N) is 2. The maximum atomic E-state index is 10.7. The van der Waals surface area contributed by atoms with E-state index in [1.54, 1.807) is 11.4 Å². The molecule has 0 N–H and O–H groups in total. The van der Waals surface area contributed by atoms with Crippen LogP contribution in [0.3, 0.4) is 0 Å². The van der Waals surface area contributed by atoms with Crippen molar-refractivity contribution in [1.29, 1.82) is 0 Å². The molecule has 0 atom stereocenters. The molecule has 1 heterocycles. The van der Waals surface area contributed by atoms with E-state index in [0.29, 0.717) is 10.1 Å². The van der Waals surface area contributed by atoms with Crippen molar-refractivity contribution in [2.24, 2.45) is 0 Å². The van der Waals surface area contributed by atoms with Gasteiger partial charge in [-0.05, 0) is 11.4 Å². The van der Waals surface area contributed by atoms with E-state index in [4.69, 9.17) is 0 Å². The third-order valence-corrected chi connectivity index (χ3v) is 2.81. The lowest BCUT2D eigenvalue weighted by atomic mass is 10.2. The molecule has 1 aromatic heterocycles. The van der Waals surface area contributed by atoms with Gasteiger partial charge in [-0.15, -0.1) is 11.3 Å². The van der Waals surface area contributed by atoms with E-state index < -0.39 is 9.85 Å². The molecule has 0 unspecified atom stereocenters. The van der Waals surface area contributed by atoms with Gasteiger partial charge in [0.05, 0.1) is 21.3 Å². The molecular weight excluding hydrogens is 220 g/mol. The molecule has 7 heteroatoms. The van der Waals surface area contributed by atoms with Crippen LogP contribution in [0.2, 0.25) is 0 Å². The van der Waals surface area contributed by atoms with E-state index in [9.17, 15) is 20.2 Å². The van der Waals surface area contributed by atoms with Crippen LogP contribution in [0.4, 0.5) is 11.4 Å². The number of thiophene rings is 1. The predicted molar refractivity (Wildman–Crippen MR) is 55.1 cm³/mol. The van der Waals surface area contributed by atoms with E-state index in [1.165, 1.54) is 17.4 Å². The molecule has 0 saturated heterocycles.